The molecule has 3 aromatic rings. The van der Waals surface area contributed by atoms with Crippen molar-refractivity contribution < 1.29 is 27.3 Å². The minimum atomic E-state index is -4.11. The molecule has 0 fully saturated rings. The van der Waals surface area contributed by atoms with E-state index in [1.165, 1.54) is 41.3 Å². The summed E-state index contributed by atoms with van der Waals surface area (Å²) < 4.78 is 41.2. The van der Waals surface area contributed by atoms with Crippen molar-refractivity contribution in [1.29, 1.82) is 0 Å². The highest BCUT2D eigenvalue weighted by Gasteiger charge is 2.34. The molecule has 12 heteroatoms. The number of nitrogens with zero attached hydrogens (tertiary/aromatic N) is 3. The van der Waals surface area contributed by atoms with E-state index in [1.807, 2.05) is 19.9 Å². The molecule has 0 aliphatic carbocycles. The van der Waals surface area contributed by atoms with Crippen LogP contribution in [0.2, 0.25) is 0 Å². The second kappa shape index (κ2) is 13.8. The van der Waals surface area contributed by atoms with Crippen molar-refractivity contribution >= 4 is 33.2 Å². The fraction of sp³-hybridized carbons (Fsp3) is 0.310. The van der Waals surface area contributed by atoms with Crippen LogP contribution in [-0.4, -0.2) is 54.9 Å². The molecule has 0 aliphatic rings. The summed E-state index contributed by atoms with van der Waals surface area (Å²) in [6, 6.07) is 18.3. The fourth-order valence-electron chi connectivity index (χ4n) is 4.18. The molecule has 0 aliphatic heterocycles. The van der Waals surface area contributed by atoms with E-state index in [0.717, 1.165) is 22.2 Å². The molecule has 0 bridgehead atoms. The van der Waals surface area contributed by atoms with Crippen molar-refractivity contribution in [2.45, 2.75) is 45.3 Å². The minimum Gasteiger partial charge on any atom is -0.352 e. The molecule has 2 atom stereocenters. The third kappa shape index (κ3) is 8.58. The number of carbonyl (C=O) groups is 2. The number of sulfonamides is 1. The maximum atomic E-state index is 14.8. The number of nitro benzene ring substituents is 1. The molecule has 0 heterocycles. The topological polar surface area (TPSA) is 130 Å². The SMILES string of the molecule is CCC(C)NC(=O)C(Cc1ccccc1)N(Cc1ccccc1F)C(=O)CN(c1cccc([N+](=O)[O-])c1)S(C)(=O)=O. The maximum Gasteiger partial charge on any atom is 0.271 e. The molecule has 3 rings (SSSR count). The summed E-state index contributed by atoms with van der Waals surface area (Å²) in [6.45, 7) is 2.62. The molecule has 10 nitrogen and oxygen atoms in total. The number of non-ortho nitro benzene ring substituents is 1. The molecule has 1 N–H and O–H groups in total. The van der Waals surface area contributed by atoms with E-state index < -0.39 is 45.2 Å². The number of carbonyl (C=O) groups excluding carboxylic acids is 2. The Bertz CT molecular complexity index is 1490. The van der Waals surface area contributed by atoms with Gasteiger partial charge in [-0.25, -0.2) is 12.8 Å². The van der Waals surface area contributed by atoms with Gasteiger partial charge in [-0.2, -0.15) is 0 Å². The number of anilines is 1. The summed E-state index contributed by atoms with van der Waals surface area (Å²) in [5.41, 5.74) is 0.421. The van der Waals surface area contributed by atoms with E-state index in [-0.39, 0.29) is 35.9 Å². The van der Waals surface area contributed by atoms with Crippen LogP contribution in [0.1, 0.15) is 31.4 Å². The van der Waals surface area contributed by atoms with Crippen LogP contribution in [0, 0.1) is 15.9 Å². The number of nitrogens with one attached hydrogen (secondary N) is 1. The molecule has 2 amide bonds. The molecule has 0 saturated heterocycles. The van der Waals surface area contributed by atoms with E-state index in [9.17, 15) is 32.5 Å². The molecular formula is C29H33FN4O6S. The zero-order chi connectivity index (χ0) is 30.2. The van der Waals surface area contributed by atoms with Gasteiger partial charge in [-0.05, 0) is 31.0 Å². The van der Waals surface area contributed by atoms with Gasteiger partial charge in [0.1, 0.15) is 18.4 Å². The van der Waals surface area contributed by atoms with E-state index >= 15 is 0 Å². The molecule has 0 radical (unpaired) electrons. The molecule has 0 aromatic heterocycles. The Hall–Kier alpha value is -4.32. The van der Waals surface area contributed by atoms with Gasteiger partial charge in [0.15, 0.2) is 0 Å². The van der Waals surface area contributed by atoms with E-state index in [1.54, 1.807) is 30.3 Å². The van der Waals surface area contributed by atoms with Gasteiger partial charge in [0.25, 0.3) is 5.69 Å². The number of benzene rings is 3. The molecular weight excluding hydrogens is 551 g/mol. The minimum absolute atomic E-state index is 0.0823. The number of hydrogen-bond acceptors (Lipinski definition) is 6. The highest BCUT2D eigenvalue weighted by Crippen LogP contribution is 2.24. The maximum absolute atomic E-state index is 14.8. The predicted octanol–water partition coefficient (Wildman–Crippen LogP) is 4.05. The van der Waals surface area contributed by atoms with E-state index in [0.29, 0.717) is 6.42 Å². The zero-order valence-electron chi connectivity index (χ0n) is 23.1. The van der Waals surface area contributed by atoms with Crippen LogP contribution in [-0.2, 0) is 32.6 Å². The van der Waals surface area contributed by atoms with Gasteiger partial charge in [0.2, 0.25) is 21.8 Å². The largest absolute Gasteiger partial charge is 0.352 e. The number of nitro groups is 1. The standard InChI is InChI=1S/C29H33FN4O6S/c1-4-21(2)31-29(36)27(17-22-11-6-5-7-12-22)32(19-23-13-8-9-16-26(23)30)28(35)20-33(41(3,39)40)24-14-10-15-25(18-24)34(37)38/h5-16,18,21,27H,4,17,19-20H2,1-3H3,(H,31,36). The lowest BCUT2D eigenvalue weighted by Gasteiger charge is -2.34. The van der Waals surface area contributed by atoms with Crippen molar-refractivity contribution in [3.05, 3.63) is 106 Å². The van der Waals surface area contributed by atoms with Crippen LogP contribution in [0.25, 0.3) is 0 Å². The van der Waals surface area contributed by atoms with Gasteiger partial charge in [0, 0.05) is 36.7 Å². The number of rotatable bonds is 13. The van der Waals surface area contributed by atoms with Gasteiger partial charge in [-0.1, -0.05) is 61.5 Å². The van der Waals surface area contributed by atoms with Crippen molar-refractivity contribution in [3.63, 3.8) is 0 Å². The summed E-state index contributed by atoms with van der Waals surface area (Å²) in [6.07, 6.45) is 1.58. The molecule has 2 unspecified atom stereocenters. The lowest BCUT2D eigenvalue weighted by Crippen LogP contribution is -2.54. The fourth-order valence-corrected chi connectivity index (χ4v) is 5.02. The summed E-state index contributed by atoms with van der Waals surface area (Å²) in [5, 5.41) is 14.2. The molecule has 0 spiro atoms. The normalized spacial score (nSPS) is 12.7. The van der Waals surface area contributed by atoms with Crippen LogP contribution in [0.5, 0.6) is 0 Å². The molecule has 0 saturated carbocycles. The lowest BCUT2D eigenvalue weighted by molar-refractivity contribution is -0.384. The first kappa shape index (κ1) is 31.2. The smallest absolute Gasteiger partial charge is 0.271 e. The third-order valence-corrected chi connectivity index (χ3v) is 7.72. The summed E-state index contributed by atoms with van der Waals surface area (Å²) in [4.78, 5) is 39.4. The Labute approximate surface area is 239 Å². The average Bonchev–Trinajstić information content (AvgIpc) is 2.94. The van der Waals surface area contributed by atoms with Gasteiger partial charge in [-0.3, -0.25) is 24.0 Å². The first-order valence-corrected chi connectivity index (χ1v) is 14.8. The Morgan fingerprint density at radius 1 is 1.02 bits per heavy atom. The third-order valence-electron chi connectivity index (χ3n) is 6.58. The van der Waals surface area contributed by atoms with Crippen LogP contribution in [0.15, 0.2) is 78.9 Å². The lowest BCUT2D eigenvalue weighted by atomic mass is 10.0. The predicted molar refractivity (Wildman–Crippen MR) is 154 cm³/mol. The Morgan fingerprint density at radius 3 is 2.29 bits per heavy atom. The van der Waals surface area contributed by atoms with Gasteiger partial charge >= 0.3 is 0 Å². The van der Waals surface area contributed by atoms with Crippen LogP contribution in [0.3, 0.4) is 0 Å². The van der Waals surface area contributed by atoms with Crippen molar-refractivity contribution in [2.24, 2.45) is 0 Å². The molecule has 3 aromatic carbocycles. The van der Waals surface area contributed by atoms with Gasteiger partial charge in [0.05, 0.1) is 16.9 Å². The summed E-state index contributed by atoms with van der Waals surface area (Å²) in [5.74, 6) is -1.86. The first-order chi connectivity index (χ1) is 19.4. The molecule has 218 valence electrons. The number of amides is 2. The number of halogens is 1. The quantitative estimate of drug-likeness (QED) is 0.238. The molecule has 41 heavy (non-hydrogen) atoms. The second-order valence-corrected chi connectivity index (χ2v) is 11.6. The first-order valence-electron chi connectivity index (χ1n) is 13.0. The summed E-state index contributed by atoms with van der Waals surface area (Å²) >= 11 is 0. The average molecular weight is 585 g/mol. The zero-order valence-corrected chi connectivity index (χ0v) is 23.9. The van der Waals surface area contributed by atoms with Crippen LogP contribution in [0.4, 0.5) is 15.8 Å². The Balaban J connectivity index is 2.09. The van der Waals surface area contributed by atoms with Gasteiger partial charge in [-0.15, -0.1) is 0 Å². The highest BCUT2D eigenvalue weighted by atomic mass is 32.2. The monoisotopic (exact) mass is 584 g/mol. The Kier molecular flexibility index (Phi) is 10.5. The second-order valence-electron chi connectivity index (χ2n) is 9.68. The van der Waals surface area contributed by atoms with E-state index in [2.05, 4.69) is 5.32 Å². The van der Waals surface area contributed by atoms with Crippen molar-refractivity contribution in [1.82, 2.24) is 10.2 Å². The van der Waals surface area contributed by atoms with E-state index in [4.69, 9.17) is 0 Å². The Morgan fingerprint density at radius 2 is 1.68 bits per heavy atom. The highest BCUT2D eigenvalue weighted by molar-refractivity contribution is 7.92. The van der Waals surface area contributed by atoms with Crippen molar-refractivity contribution in [2.75, 3.05) is 17.1 Å². The van der Waals surface area contributed by atoms with Gasteiger partial charge < -0.3 is 10.2 Å². The summed E-state index contributed by atoms with van der Waals surface area (Å²) in [7, 11) is -4.11. The van der Waals surface area contributed by atoms with Crippen LogP contribution < -0.4 is 9.62 Å². The van der Waals surface area contributed by atoms with Crippen molar-refractivity contribution in [3.8, 4) is 0 Å². The van der Waals surface area contributed by atoms with Crippen LogP contribution >= 0.6 is 0 Å². The number of hydrogen-bond donors (Lipinski definition) is 1.